The second-order valence-corrected chi connectivity index (χ2v) is 7.78. The predicted octanol–water partition coefficient (Wildman–Crippen LogP) is 2.40. The van der Waals surface area contributed by atoms with E-state index in [9.17, 15) is 9.59 Å². The van der Waals surface area contributed by atoms with Gasteiger partial charge in [-0.15, -0.1) is 0 Å². The van der Waals surface area contributed by atoms with Crippen LogP contribution in [-0.4, -0.2) is 20.7 Å². The highest BCUT2D eigenvalue weighted by molar-refractivity contribution is 6.30. The Labute approximate surface area is 180 Å². The quantitative estimate of drug-likeness (QED) is 0.513. The number of hydrogen-bond donors (Lipinski definition) is 3. The molecule has 0 radical (unpaired) electrons. The number of nitrogens with one attached hydrogen (secondary N) is 2. The molecule has 0 bridgehead atoms. The van der Waals surface area contributed by atoms with Crippen molar-refractivity contribution in [3.05, 3.63) is 85.5 Å². The molecule has 7 nitrogen and oxygen atoms in total. The van der Waals surface area contributed by atoms with E-state index in [-0.39, 0.29) is 17.9 Å². The van der Waals surface area contributed by atoms with Gasteiger partial charge in [-0.1, -0.05) is 17.7 Å². The maximum Gasteiger partial charge on any atom is 0.254 e. The van der Waals surface area contributed by atoms with E-state index in [2.05, 4.69) is 15.5 Å². The largest absolute Gasteiger partial charge is 0.352 e. The van der Waals surface area contributed by atoms with Crippen LogP contribution in [0.2, 0.25) is 5.02 Å². The van der Waals surface area contributed by atoms with Crippen LogP contribution >= 0.6 is 11.6 Å². The zero-order valence-electron chi connectivity index (χ0n) is 17.2. The molecule has 3 rings (SSSR count). The van der Waals surface area contributed by atoms with Gasteiger partial charge in [0, 0.05) is 48.5 Å². The third-order valence-electron chi connectivity index (χ3n) is 5.07. The van der Waals surface area contributed by atoms with Gasteiger partial charge in [0.15, 0.2) is 0 Å². The number of aromatic nitrogens is 3. The zero-order valence-corrected chi connectivity index (χ0v) is 17.9. The summed E-state index contributed by atoms with van der Waals surface area (Å²) in [6.07, 6.45) is 2.42. The lowest BCUT2D eigenvalue weighted by atomic mass is 10.1. The van der Waals surface area contributed by atoms with E-state index in [1.807, 2.05) is 32.0 Å². The lowest BCUT2D eigenvalue weighted by Crippen LogP contribution is -2.31. The Morgan fingerprint density at radius 1 is 1.23 bits per heavy atom. The molecule has 2 heterocycles. The third kappa shape index (κ3) is 5.37. The molecule has 0 saturated carbocycles. The van der Waals surface area contributed by atoms with Gasteiger partial charge in [-0.05, 0) is 54.8 Å². The van der Waals surface area contributed by atoms with Gasteiger partial charge in [0.1, 0.15) is 0 Å². The van der Waals surface area contributed by atoms with Crippen LogP contribution in [0.1, 0.15) is 33.6 Å². The number of benzene rings is 1. The van der Waals surface area contributed by atoms with Crippen LogP contribution in [0.3, 0.4) is 0 Å². The summed E-state index contributed by atoms with van der Waals surface area (Å²) in [4.78, 5) is 25.4. The van der Waals surface area contributed by atoms with Crippen molar-refractivity contribution in [1.82, 2.24) is 20.1 Å². The Balaban J connectivity index is 1.67. The van der Waals surface area contributed by atoms with E-state index in [0.29, 0.717) is 36.6 Å². The fourth-order valence-corrected chi connectivity index (χ4v) is 3.51. The smallest absolute Gasteiger partial charge is 0.254 e. The highest BCUT2D eigenvalue weighted by atomic mass is 35.5. The first kappa shape index (κ1) is 21.8. The summed E-state index contributed by atoms with van der Waals surface area (Å²) >= 11 is 6.05. The number of H-pyrrole nitrogens is 1. The van der Waals surface area contributed by atoms with Crippen LogP contribution in [-0.2, 0) is 37.3 Å². The Bertz CT molecular complexity index is 1100. The number of nitrogens with zero attached hydrogens (tertiary/aromatic N) is 2. The predicted molar refractivity (Wildman–Crippen MR) is 117 cm³/mol. The molecule has 158 valence electrons. The molecule has 0 aliphatic carbocycles. The molecule has 0 aliphatic rings. The van der Waals surface area contributed by atoms with Crippen molar-refractivity contribution >= 4 is 17.5 Å². The number of hydrogen-bond acceptors (Lipinski definition) is 4. The lowest BCUT2D eigenvalue weighted by Gasteiger charge is -2.12. The molecule has 4 N–H and O–H groups in total. The van der Waals surface area contributed by atoms with Crippen LogP contribution in [0.4, 0.5) is 0 Å². The first-order valence-electron chi connectivity index (χ1n) is 9.81. The summed E-state index contributed by atoms with van der Waals surface area (Å²) in [6.45, 7) is 4.95. The van der Waals surface area contributed by atoms with Crippen molar-refractivity contribution < 1.29 is 4.79 Å². The normalized spacial score (nSPS) is 10.9. The fraction of sp³-hybridized carbons (Fsp3) is 0.318. The standard InChI is InChI=1S/C22H26ClN5O2/c1-14-5-7-28(8-6-19-9-15(2)26-27-19)22(30)20(14)11-21(29)25-13-17-10-18(23)4-3-16(17)12-24/h3-5,7,9-10H,6,8,11-13,24H2,1-2H3,(H,25,29)(H,26,27). The fourth-order valence-electron chi connectivity index (χ4n) is 3.32. The minimum absolute atomic E-state index is 0.0194. The summed E-state index contributed by atoms with van der Waals surface area (Å²) in [6, 6.07) is 9.24. The number of aryl methyl sites for hydroxylation is 4. The Kier molecular flexibility index (Phi) is 7.07. The number of amides is 1. The molecule has 2 aromatic heterocycles. The number of carbonyl (C=O) groups is 1. The summed E-state index contributed by atoms with van der Waals surface area (Å²) in [5.74, 6) is -0.223. The minimum atomic E-state index is -0.223. The molecular weight excluding hydrogens is 402 g/mol. The van der Waals surface area contributed by atoms with E-state index < -0.39 is 0 Å². The Hall–Kier alpha value is -2.90. The number of rotatable bonds is 8. The molecular formula is C22H26ClN5O2. The van der Waals surface area contributed by atoms with E-state index >= 15 is 0 Å². The molecule has 0 fully saturated rings. The molecule has 0 atom stereocenters. The highest BCUT2D eigenvalue weighted by Crippen LogP contribution is 2.16. The number of nitrogens with two attached hydrogens (primary N) is 1. The summed E-state index contributed by atoms with van der Waals surface area (Å²) in [5, 5.41) is 10.6. The van der Waals surface area contributed by atoms with Gasteiger partial charge in [0.05, 0.1) is 12.1 Å². The van der Waals surface area contributed by atoms with Gasteiger partial charge in [0.25, 0.3) is 5.56 Å². The van der Waals surface area contributed by atoms with Gasteiger partial charge in [-0.3, -0.25) is 14.7 Å². The van der Waals surface area contributed by atoms with Crippen molar-refractivity contribution in [3.63, 3.8) is 0 Å². The number of pyridine rings is 1. The third-order valence-corrected chi connectivity index (χ3v) is 5.30. The zero-order chi connectivity index (χ0) is 21.7. The molecule has 3 aromatic rings. The average molecular weight is 428 g/mol. The first-order chi connectivity index (χ1) is 14.4. The van der Waals surface area contributed by atoms with Crippen molar-refractivity contribution in [1.29, 1.82) is 0 Å². The van der Waals surface area contributed by atoms with E-state index in [0.717, 1.165) is 28.1 Å². The second-order valence-electron chi connectivity index (χ2n) is 7.34. The molecule has 8 heteroatoms. The van der Waals surface area contributed by atoms with Gasteiger partial charge in [0.2, 0.25) is 5.91 Å². The molecule has 30 heavy (non-hydrogen) atoms. The van der Waals surface area contributed by atoms with E-state index in [4.69, 9.17) is 17.3 Å². The van der Waals surface area contributed by atoms with Crippen molar-refractivity contribution in [3.8, 4) is 0 Å². The molecule has 0 saturated heterocycles. The van der Waals surface area contributed by atoms with Gasteiger partial charge >= 0.3 is 0 Å². The maximum atomic E-state index is 12.9. The lowest BCUT2D eigenvalue weighted by molar-refractivity contribution is -0.120. The topological polar surface area (TPSA) is 106 Å². The van der Waals surface area contributed by atoms with Gasteiger partial charge < -0.3 is 15.6 Å². The van der Waals surface area contributed by atoms with Crippen molar-refractivity contribution in [2.24, 2.45) is 5.73 Å². The summed E-state index contributed by atoms with van der Waals surface area (Å²) < 4.78 is 1.63. The van der Waals surface area contributed by atoms with E-state index in [1.165, 1.54) is 0 Å². The molecule has 1 amide bonds. The SMILES string of the molecule is Cc1cc(CCn2ccc(C)c(CC(=O)NCc3cc(Cl)ccc3CN)c2=O)n[nH]1. The van der Waals surface area contributed by atoms with Gasteiger partial charge in [-0.2, -0.15) is 5.10 Å². The van der Waals surface area contributed by atoms with Crippen LogP contribution < -0.4 is 16.6 Å². The number of aromatic amines is 1. The summed E-state index contributed by atoms with van der Waals surface area (Å²) in [7, 11) is 0. The number of carbonyl (C=O) groups excluding carboxylic acids is 1. The van der Waals surface area contributed by atoms with Gasteiger partial charge in [-0.25, -0.2) is 0 Å². The monoisotopic (exact) mass is 427 g/mol. The Morgan fingerprint density at radius 2 is 2.03 bits per heavy atom. The van der Waals surface area contributed by atoms with E-state index in [1.54, 1.807) is 22.9 Å². The van der Waals surface area contributed by atoms with Crippen LogP contribution in [0.15, 0.2) is 41.3 Å². The Morgan fingerprint density at radius 3 is 2.73 bits per heavy atom. The van der Waals surface area contributed by atoms with Crippen molar-refractivity contribution in [2.75, 3.05) is 0 Å². The van der Waals surface area contributed by atoms with Crippen LogP contribution in [0, 0.1) is 13.8 Å². The van der Waals surface area contributed by atoms with Crippen LogP contribution in [0.5, 0.6) is 0 Å². The first-order valence-corrected chi connectivity index (χ1v) is 10.2. The molecule has 0 aliphatic heterocycles. The van der Waals surface area contributed by atoms with Crippen LogP contribution in [0.25, 0.3) is 0 Å². The minimum Gasteiger partial charge on any atom is -0.352 e. The summed E-state index contributed by atoms with van der Waals surface area (Å²) in [5.41, 5.74) is 10.6. The molecule has 1 aromatic carbocycles. The second kappa shape index (κ2) is 9.73. The molecule has 0 unspecified atom stereocenters. The highest BCUT2D eigenvalue weighted by Gasteiger charge is 2.13. The number of halogens is 1. The average Bonchev–Trinajstić information content (AvgIpc) is 3.14. The molecule has 0 spiro atoms. The van der Waals surface area contributed by atoms with Crippen molar-refractivity contribution in [2.45, 2.75) is 46.3 Å². The maximum absolute atomic E-state index is 12.9.